The summed E-state index contributed by atoms with van der Waals surface area (Å²) in [4.78, 5) is 40.6. The van der Waals surface area contributed by atoms with Crippen LogP contribution in [0.3, 0.4) is 0 Å². The number of amidine groups is 1. The predicted octanol–water partition coefficient (Wildman–Crippen LogP) is 5.37. The molecule has 184 valence electrons. The third kappa shape index (κ3) is 4.81. The number of amides is 2. The van der Waals surface area contributed by atoms with Crippen LogP contribution in [0.25, 0.3) is 17.0 Å². The Morgan fingerprint density at radius 3 is 2.43 bits per heavy atom. The summed E-state index contributed by atoms with van der Waals surface area (Å²) in [5.74, 6) is -1.49. The number of fused-ring (bicyclic) bond motifs is 1. The van der Waals surface area contributed by atoms with Gasteiger partial charge in [0, 0.05) is 5.39 Å². The fraction of sp³-hybridized carbons (Fsp3) is 0.0714. The van der Waals surface area contributed by atoms with Gasteiger partial charge in [0.2, 0.25) is 0 Å². The quantitative estimate of drug-likeness (QED) is 0.225. The van der Waals surface area contributed by atoms with E-state index in [2.05, 4.69) is 10.5 Å². The van der Waals surface area contributed by atoms with Crippen molar-refractivity contribution < 1.29 is 18.4 Å². The van der Waals surface area contributed by atoms with Crippen molar-refractivity contribution in [2.75, 3.05) is 4.90 Å². The third-order valence-electron chi connectivity index (χ3n) is 5.78. The number of halogens is 1. The molecule has 0 unspecified atom stereocenters. The molecule has 2 amide bonds. The van der Waals surface area contributed by atoms with Crippen LogP contribution in [-0.2, 0) is 4.79 Å². The minimum absolute atomic E-state index is 0.203. The predicted molar refractivity (Wildman–Crippen MR) is 143 cm³/mol. The van der Waals surface area contributed by atoms with Gasteiger partial charge in [-0.2, -0.15) is 0 Å². The van der Waals surface area contributed by atoms with E-state index in [1.165, 1.54) is 23.1 Å². The lowest BCUT2D eigenvalue weighted by Crippen LogP contribution is -2.33. The lowest BCUT2D eigenvalue weighted by molar-refractivity contribution is -0.113. The van der Waals surface area contributed by atoms with Crippen molar-refractivity contribution in [1.82, 2.24) is 5.43 Å². The second-order valence-electron chi connectivity index (χ2n) is 8.36. The molecule has 1 aromatic heterocycles. The molecule has 1 saturated heterocycles. The number of para-hydroxylation sites is 2. The average molecular weight is 514 g/mol. The van der Waals surface area contributed by atoms with Crippen molar-refractivity contribution in [3.8, 4) is 0 Å². The van der Waals surface area contributed by atoms with Crippen molar-refractivity contribution >= 4 is 51.5 Å². The van der Waals surface area contributed by atoms with Crippen LogP contribution >= 0.6 is 11.8 Å². The van der Waals surface area contributed by atoms with E-state index in [0.29, 0.717) is 27.1 Å². The lowest BCUT2D eigenvalue weighted by Gasteiger charge is -2.20. The average Bonchev–Trinajstić information content (AvgIpc) is 3.18. The van der Waals surface area contributed by atoms with E-state index in [1.54, 1.807) is 42.5 Å². The van der Waals surface area contributed by atoms with Gasteiger partial charge < -0.3 is 4.42 Å². The van der Waals surface area contributed by atoms with Gasteiger partial charge in [0.15, 0.2) is 5.17 Å². The fourth-order valence-electron chi connectivity index (χ4n) is 3.99. The number of hydrogen-bond donors (Lipinski definition) is 1. The number of carbonyl (C=O) groups excluding carboxylic acids is 2. The molecule has 1 fully saturated rings. The molecule has 3 aromatic carbocycles. The summed E-state index contributed by atoms with van der Waals surface area (Å²) in [5, 5.41) is 5.01. The lowest BCUT2D eigenvalue weighted by atomic mass is 10.1. The molecule has 5 rings (SSSR count). The number of anilines is 1. The maximum absolute atomic E-state index is 13.5. The number of nitrogens with zero attached hydrogens (tertiary/aromatic N) is 2. The zero-order valence-electron chi connectivity index (χ0n) is 19.8. The Morgan fingerprint density at radius 1 is 1.00 bits per heavy atom. The van der Waals surface area contributed by atoms with E-state index in [0.717, 1.165) is 22.9 Å². The highest BCUT2D eigenvalue weighted by Crippen LogP contribution is 2.38. The molecule has 1 aliphatic rings. The number of benzene rings is 3. The summed E-state index contributed by atoms with van der Waals surface area (Å²) in [6.07, 6.45) is 1.63. The maximum atomic E-state index is 13.5. The first kappa shape index (κ1) is 24.2. The molecule has 0 bridgehead atoms. The van der Waals surface area contributed by atoms with Crippen molar-refractivity contribution in [3.63, 3.8) is 0 Å². The molecule has 1 N–H and O–H groups in total. The molecule has 1 aliphatic heterocycles. The van der Waals surface area contributed by atoms with Gasteiger partial charge in [0.1, 0.15) is 17.0 Å². The molecule has 2 heterocycles. The Labute approximate surface area is 215 Å². The Kier molecular flexibility index (Phi) is 6.45. The molecule has 0 atom stereocenters. The Balaban J connectivity index is 1.52. The van der Waals surface area contributed by atoms with Crippen molar-refractivity contribution in [2.24, 2.45) is 5.10 Å². The van der Waals surface area contributed by atoms with E-state index in [9.17, 15) is 18.8 Å². The number of carbonyl (C=O) groups is 2. The molecule has 7 nitrogen and oxygen atoms in total. The van der Waals surface area contributed by atoms with Gasteiger partial charge in [-0.25, -0.2) is 14.6 Å². The summed E-state index contributed by atoms with van der Waals surface area (Å²) in [6.45, 7) is 3.75. The second kappa shape index (κ2) is 9.87. The smallest absolute Gasteiger partial charge is 0.349 e. The van der Waals surface area contributed by atoms with E-state index >= 15 is 0 Å². The summed E-state index contributed by atoms with van der Waals surface area (Å²) >= 11 is 1.06. The number of hydrazone groups is 1. The number of rotatable bonds is 4. The normalized spacial score (nSPS) is 15.6. The SMILES string of the molecule is Cc1cccc(C)c1N1C(=O)/C(=C/c2ccc(F)cc2)S/C1=N\NC(=O)c1cc2ccccc2oc1=O. The second-order valence-corrected chi connectivity index (χ2v) is 9.37. The molecule has 9 heteroatoms. The Hall–Kier alpha value is -4.50. The topological polar surface area (TPSA) is 92.0 Å². The van der Waals surface area contributed by atoms with Crippen LogP contribution < -0.4 is 16.0 Å². The minimum Gasteiger partial charge on any atom is -0.422 e. The highest BCUT2D eigenvalue weighted by atomic mass is 32.2. The third-order valence-corrected chi connectivity index (χ3v) is 6.75. The van der Waals surface area contributed by atoms with Crippen LogP contribution in [-0.4, -0.2) is 17.0 Å². The molecular weight excluding hydrogens is 493 g/mol. The van der Waals surface area contributed by atoms with Crippen molar-refractivity contribution in [1.29, 1.82) is 0 Å². The van der Waals surface area contributed by atoms with Crippen LogP contribution in [0, 0.1) is 19.7 Å². The standard InChI is InChI=1S/C28H20FN3O4S/c1-16-6-5-7-17(2)24(16)32-26(34)23(14-18-10-12-20(29)13-11-18)37-28(32)31-30-25(33)21-15-19-8-3-4-9-22(19)36-27(21)35/h3-15H,1-2H3,(H,30,33)/b23-14-,31-28-. The van der Waals surface area contributed by atoms with E-state index in [-0.39, 0.29) is 22.5 Å². The number of nitrogens with one attached hydrogen (secondary N) is 1. The maximum Gasteiger partial charge on any atom is 0.349 e. The van der Waals surface area contributed by atoms with Gasteiger partial charge in [-0.1, -0.05) is 48.5 Å². The molecule has 4 aromatic rings. The summed E-state index contributed by atoms with van der Waals surface area (Å²) in [7, 11) is 0. The van der Waals surface area contributed by atoms with Gasteiger partial charge >= 0.3 is 5.63 Å². The first-order valence-electron chi connectivity index (χ1n) is 11.3. The number of aryl methyl sites for hydroxylation is 2. The summed E-state index contributed by atoms with van der Waals surface area (Å²) in [6, 6.07) is 19.7. The molecular formula is C28H20FN3O4S. The van der Waals surface area contributed by atoms with Crippen LogP contribution in [0.4, 0.5) is 10.1 Å². The zero-order chi connectivity index (χ0) is 26.1. The number of hydrogen-bond acceptors (Lipinski definition) is 6. The first-order valence-corrected chi connectivity index (χ1v) is 12.1. The molecule has 37 heavy (non-hydrogen) atoms. The molecule has 0 aliphatic carbocycles. The van der Waals surface area contributed by atoms with Gasteiger partial charge in [0.05, 0.1) is 10.6 Å². The van der Waals surface area contributed by atoms with Gasteiger partial charge in [-0.3, -0.25) is 14.5 Å². The highest BCUT2D eigenvalue weighted by molar-refractivity contribution is 8.19. The van der Waals surface area contributed by atoms with Gasteiger partial charge in [0.25, 0.3) is 11.8 Å². The minimum atomic E-state index is -0.796. The van der Waals surface area contributed by atoms with Crippen molar-refractivity contribution in [3.05, 3.63) is 116 Å². The Morgan fingerprint density at radius 2 is 1.70 bits per heavy atom. The molecule has 0 radical (unpaired) electrons. The van der Waals surface area contributed by atoms with E-state index in [4.69, 9.17) is 4.42 Å². The first-order chi connectivity index (χ1) is 17.8. The molecule has 0 spiro atoms. The zero-order valence-corrected chi connectivity index (χ0v) is 20.6. The van der Waals surface area contributed by atoms with Gasteiger partial charge in [-0.05, 0) is 72.6 Å². The monoisotopic (exact) mass is 513 g/mol. The van der Waals surface area contributed by atoms with Crippen LogP contribution in [0.5, 0.6) is 0 Å². The van der Waals surface area contributed by atoms with Gasteiger partial charge in [-0.15, -0.1) is 5.10 Å². The van der Waals surface area contributed by atoms with Crippen LogP contribution in [0.2, 0.25) is 0 Å². The number of thioether (sulfide) groups is 1. The highest BCUT2D eigenvalue weighted by Gasteiger charge is 2.36. The summed E-state index contributed by atoms with van der Waals surface area (Å²) < 4.78 is 18.6. The van der Waals surface area contributed by atoms with E-state index < -0.39 is 11.5 Å². The summed E-state index contributed by atoms with van der Waals surface area (Å²) in [5.41, 5.74) is 4.71. The Bertz CT molecular complexity index is 1660. The van der Waals surface area contributed by atoms with Crippen LogP contribution in [0.15, 0.2) is 92.0 Å². The van der Waals surface area contributed by atoms with Crippen molar-refractivity contribution in [2.45, 2.75) is 13.8 Å². The van der Waals surface area contributed by atoms with Crippen LogP contribution in [0.1, 0.15) is 27.0 Å². The largest absolute Gasteiger partial charge is 0.422 e. The fourth-order valence-corrected chi connectivity index (χ4v) is 4.92. The van der Waals surface area contributed by atoms with E-state index in [1.807, 2.05) is 32.0 Å². The molecule has 0 saturated carbocycles.